The smallest absolute Gasteiger partial charge is 0.338 e. The van der Waals surface area contributed by atoms with Gasteiger partial charge in [-0.2, -0.15) is 0 Å². The first-order valence-corrected chi connectivity index (χ1v) is 7.12. The third-order valence-corrected chi connectivity index (χ3v) is 4.03. The molecule has 0 aliphatic carbocycles. The molecule has 1 saturated heterocycles. The van der Waals surface area contributed by atoms with Crippen molar-refractivity contribution in [2.75, 3.05) is 18.6 Å². The van der Waals surface area contributed by atoms with E-state index in [1.54, 1.807) is 19.1 Å². The average Bonchev–Trinajstić information content (AvgIpc) is 2.82. The summed E-state index contributed by atoms with van der Waals surface area (Å²) in [4.78, 5) is 36.6. The van der Waals surface area contributed by atoms with Crippen molar-refractivity contribution in [3.05, 3.63) is 27.7 Å². The molecule has 2 rings (SSSR count). The number of primary amides is 1. The van der Waals surface area contributed by atoms with Crippen LogP contribution in [0, 0.1) is 12.8 Å². The number of carbonyl (C=O) groups is 3. The van der Waals surface area contributed by atoms with Gasteiger partial charge in [0.2, 0.25) is 11.8 Å². The highest BCUT2D eigenvalue weighted by molar-refractivity contribution is 9.10. The molecule has 112 valence electrons. The van der Waals surface area contributed by atoms with E-state index in [9.17, 15) is 14.4 Å². The second-order valence-electron chi connectivity index (χ2n) is 4.90. The monoisotopic (exact) mass is 354 g/mol. The number of anilines is 1. The van der Waals surface area contributed by atoms with Gasteiger partial charge in [-0.15, -0.1) is 0 Å². The van der Waals surface area contributed by atoms with E-state index in [2.05, 4.69) is 15.9 Å². The highest BCUT2D eigenvalue weighted by Crippen LogP contribution is 2.32. The number of esters is 1. The minimum atomic E-state index is -0.502. The van der Waals surface area contributed by atoms with E-state index in [0.717, 1.165) is 0 Å². The van der Waals surface area contributed by atoms with Gasteiger partial charge in [-0.1, -0.05) is 15.9 Å². The van der Waals surface area contributed by atoms with Gasteiger partial charge >= 0.3 is 5.97 Å². The standard InChI is InChI=1S/C14H15BrN2O4/c1-7-10(14(20)21-2)4-9(15)5-11(7)17-6-8(13(16)19)3-12(17)18/h4-5,8H,3,6H2,1-2H3,(H2,16,19). The molecule has 2 N–H and O–H groups in total. The van der Waals surface area contributed by atoms with Crippen molar-refractivity contribution in [3.8, 4) is 0 Å². The van der Waals surface area contributed by atoms with Gasteiger partial charge in [0.15, 0.2) is 0 Å². The van der Waals surface area contributed by atoms with Gasteiger partial charge in [0, 0.05) is 23.1 Å². The molecule has 0 radical (unpaired) electrons. The summed E-state index contributed by atoms with van der Waals surface area (Å²) in [7, 11) is 1.30. The lowest BCUT2D eigenvalue weighted by Crippen LogP contribution is -2.29. The normalized spacial score (nSPS) is 18.0. The number of ether oxygens (including phenoxy) is 1. The SMILES string of the molecule is COC(=O)c1cc(Br)cc(N2CC(C(N)=O)CC2=O)c1C. The molecule has 6 nitrogen and oxygen atoms in total. The van der Waals surface area contributed by atoms with Crippen molar-refractivity contribution in [2.45, 2.75) is 13.3 Å². The molecule has 0 aromatic heterocycles. The van der Waals surface area contributed by atoms with Gasteiger partial charge in [0.05, 0.1) is 18.6 Å². The quantitative estimate of drug-likeness (QED) is 0.830. The molecule has 1 aliphatic heterocycles. The van der Waals surface area contributed by atoms with Crippen LogP contribution in [-0.2, 0) is 14.3 Å². The number of amides is 2. The largest absolute Gasteiger partial charge is 0.465 e. The van der Waals surface area contributed by atoms with Crippen LogP contribution in [-0.4, -0.2) is 31.4 Å². The minimum Gasteiger partial charge on any atom is -0.465 e. The summed E-state index contributed by atoms with van der Waals surface area (Å²) in [6.07, 6.45) is 0.0921. The van der Waals surface area contributed by atoms with Crippen LogP contribution in [0.1, 0.15) is 22.3 Å². The van der Waals surface area contributed by atoms with Gasteiger partial charge < -0.3 is 15.4 Å². The number of hydrogen-bond acceptors (Lipinski definition) is 4. The first-order valence-electron chi connectivity index (χ1n) is 6.33. The molecule has 1 aromatic carbocycles. The predicted molar refractivity (Wildman–Crippen MR) is 79.9 cm³/mol. The number of halogens is 1. The minimum absolute atomic E-state index is 0.0921. The van der Waals surface area contributed by atoms with Gasteiger partial charge in [0.1, 0.15) is 0 Å². The maximum Gasteiger partial charge on any atom is 0.338 e. The molecule has 7 heteroatoms. The average molecular weight is 355 g/mol. The summed E-state index contributed by atoms with van der Waals surface area (Å²) in [5, 5.41) is 0. The number of hydrogen-bond donors (Lipinski definition) is 1. The van der Waals surface area contributed by atoms with E-state index in [4.69, 9.17) is 10.5 Å². The highest BCUT2D eigenvalue weighted by Gasteiger charge is 2.35. The van der Waals surface area contributed by atoms with Gasteiger partial charge in [-0.25, -0.2) is 4.79 Å². The Kier molecular flexibility index (Phi) is 4.32. The van der Waals surface area contributed by atoms with Gasteiger partial charge in [0.25, 0.3) is 0 Å². The highest BCUT2D eigenvalue weighted by atomic mass is 79.9. The molecule has 1 unspecified atom stereocenters. The second-order valence-corrected chi connectivity index (χ2v) is 5.81. The van der Waals surface area contributed by atoms with Crippen LogP contribution >= 0.6 is 15.9 Å². The molecule has 1 fully saturated rings. The molecule has 2 amide bonds. The lowest BCUT2D eigenvalue weighted by molar-refractivity contribution is -0.123. The van der Waals surface area contributed by atoms with Crippen LogP contribution in [0.5, 0.6) is 0 Å². The van der Waals surface area contributed by atoms with E-state index >= 15 is 0 Å². The van der Waals surface area contributed by atoms with E-state index in [1.165, 1.54) is 12.0 Å². The molecule has 1 aliphatic rings. The fraction of sp³-hybridized carbons (Fsp3) is 0.357. The Labute approximate surface area is 130 Å². The summed E-state index contributed by atoms with van der Waals surface area (Å²) in [5.74, 6) is -1.66. The number of nitrogens with two attached hydrogens (primary N) is 1. The molecule has 1 aromatic rings. The Bertz CT molecular complexity index is 630. The third kappa shape index (κ3) is 2.92. The van der Waals surface area contributed by atoms with Crippen molar-refractivity contribution in [1.82, 2.24) is 0 Å². The molecule has 0 saturated carbocycles. The zero-order chi connectivity index (χ0) is 15.7. The van der Waals surface area contributed by atoms with E-state index in [1.807, 2.05) is 0 Å². The molecule has 0 spiro atoms. The molecular weight excluding hydrogens is 340 g/mol. The Morgan fingerprint density at radius 1 is 1.43 bits per heavy atom. The topological polar surface area (TPSA) is 89.7 Å². The van der Waals surface area contributed by atoms with E-state index in [-0.39, 0.29) is 18.9 Å². The van der Waals surface area contributed by atoms with E-state index in [0.29, 0.717) is 21.3 Å². The van der Waals surface area contributed by atoms with Crippen LogP contribution < -0.4 is 10.6 Å². The molecule has 1 atom stereocenters. The Hall–Kier alpha value is -1.89. The number of benzene rings is 1. The number of rotatable bonds is 3. The number of nitrogens with zero attached hydrogens (tertiary/aromatic N) is 1. The van der Waals surface area contributed by atoms with E-state index < -0.39 is 17.8 Å². The number of carbonyl (C=O) groups excluding carboxylic acids is 3. The summed E-state index contributed by atoms with van der Waals surface area (Å²) >= 11 is 3.32. The molecular formula is C14H15BrN2O4. The number of methoxy groups -OCH3 is 1. The maximum absolute atomic E-state index is 12.1. The fourth-order valence-corrected chi connectivity index (χ4v) is 2.84. The van der Waals surface area contributed by atoms with Crippen LogP contribution in [0.15, 0.2) is 16.6 Å². The van der Waals surface area contributed by atoms with Crippen molar-refractivity contribution in [3.63, 3.8) is 0 Å². The molecule has 1 heterocycles. The molecule has 0 bridgehead atoms. The lowest BCUT2D eigenvalue weighted by Gasteiger charge is -2.20. The van der Waals surface area contributed by atoms with Gasteiger partial charge in [-0.3, -0.25) is 9.59 Å². The van der Waals surface area contributed by atoms with Crippen LogP contribution in [0.2, 0.25) is 0 Å². The van der Waals surface area contributed by atoms with Gasteiger partial charge in [-0.05, 0) is 24.6 Å². The van der Waals surface area contributed by atoms with Crippen molar-refractivity contribution in [1.29, 1.82) is 0 Å². The Balaban J connectivity index is 2.45. The summed E-state index contributed by atoms with van der Waals surface area (Å²) in [6.45, 7) is 1.96. The first-order chi connectivity index (χ1) is 9.85. The van der Waals surface area contributed by atoms with Crippen molar-refractivity contribution >= 4 is 39.4 Å². The van der Waals surface area contributed by atoms with Crippen molar-refractivity contribution < 1.29 is 19.1 Å². The Morgan fingerprint density at radius 3 is 2.62 bits per heavy atom. The Morgan fingerprint density at radius 2 is 2.10 bits per heavy atom. The predicted octanol–water partition coefficient (Wildman–Crippen LogP) is 1.38. The van der Waals surface area contributed by atoms with Crippen LogP contribution in [0.3, 0.4) is 0 Å². The summed E-state index contributed by atoms with van der Waals surface area (Å²) in [5.41, 5.74) is 6.85. The third-order valence-electron chi connectivity index (χ3n) is 3.57. The molecule has 21 heavy (non-hydrogen) atoms. The van der Waals surface area contributed by atoms with Crippen LogP contribution in [0.4, 0.5) is 5.69 Å². The van der Waals surface area contributed by atoms with Crippen molar-refractivity contribution in [2.24, 2.45) is 11.7 Å². The zero-order valence-electron chi connectivity index (χ0n) is 11.7. The first kappa shape index (κ1) is 15.5. The summed E-state index contributed by atoms with van der Waals surface area (Å²) < 4.78 is 5.39. The summed E-state index contributed by atoms with van der Waals surface area (Å²) in [6, 6.07) is 3.37. The maximum atomic E-state index is 12.1. The zero-order valence-corrected chi connectivity index (χ0v) is 13.3. The second kappa shape index (κ2) is 5.85. The lowest BCUT2D eigenvalue weighted by atomic mass is 10.1. The fourth-order valence-electron chi connectivity index (χ4n) is 2.40. The van der Waals surface area contributed by atoms with Crippen LogP contribution in [0.25, 0.3) is 0 Å².